The van der Waals surface area contributed by atoms with Gasteiger partial charge in [0.25, 0.3) is 5.56 Å². The Bertz CT molecular complexity index is 427. The van der Waals surface area contributed by atoms with Crippen molar-refractivity contribution in [2.45, 2.75) is 18.9 Å². The van der Waals surface area contributed by atoms with Gasteiger partial charge in [0.05, 0.1) is 11.9 Å². The summed E-state index contributed by atoms with van der Waals surface area (Å²) >= 11 is 5.90. The number of aromatic nitrogens is 2. The Hall–Kier alpha value is -1.07. The number of halogens is 1. The lowest BCUT2D eigenvalue weighted by Crippen LogP contribution is -2.26. The molecule has 0 radical (unpaired) electrons. The van der Waals surface area contributed by atoms with Crippen molar-refractivity contribution in [2.75, 3.05) is 18.4 Å². The van der Waals surface area contributed by atoms with Crippen molar-refractivity contribution >= 4 is 17.3 Å². The molecule has 0 amide bonds. The fraction of sp³-hybridized carbons (Fsp3) is 0.600. The van der Waals surface area contributed by atoms with E-state index in [1.54, 1.807) is 13.2 Å². The third-order valence-corrected chi connectivity index (χ3v) is 2.89. The van der Waals surface area contributed by atoms with Gasteiger partial charge in [-0.3, -0.25) is 4.79 Å². The van der Waals surface area contributed by atoms with E-state index >= 15 is 0 Å². The van der Waals surface area contributed by atoms with E-state index in [2.05, 4.69) is 15.7 Å². The van der Waals surface area contributed by atoms with E-state index in [0.717, 1.165) is 13.1 Å². The lowest BCUT2D eigenvalue weighted by molar-refractivity contribution is 0.694. The average molecular weight is 243 g/mol. The molecule has 0 bridgehead atoms. The van der Waals surface area contributed by atoms with Gasteiger partial charge >= 0.3 is 0 Å². The molecule has 1 aliphatic rings. The average Bonchev–Trinajstić information content (AvgIpc) is 3.08. The quantitative estimate of drug-likeness (QED) is 0.743. The molecule has 5 nitrogen and oxygen atoms in total. The van der Waals surface area contributed by atoms with Crippen molar-refractivity contribution in [3.63, 3.8) is 0 Å². The summed E-state index contributed by atoms with van der Waals surface area (Å²) in [7, 11) is 1.58. The molecule has 6 heteroatoms. The second-order valence-corrected chi connectivity index (χ2v) is 4.33. The first-order valence-corrected chi connectivity index (χ1v) is 5.75. The van der Waals surface area contributed by atoms with E-state index in [-0.39, 0.29) is 10.6 Å². The SMILES string of the molecule is Cn1ncc(NCCNC2CC2)c(Cl)c1=O. The predicted octanol–water partition coefficient (Wildman–Crippen LogP) is 0.598. The van der Waals surface area contributed by atoms with E-state index < -0.39 is 0 Å². The summed E-state index contributed by atoms with van der Waals surface area (Å²) in [4.78, 5) is 11.5. The van der Waals surface area contributed by atoms with E-state index in [1.807, 2.05) is 0 Å². The smallest absolute Gasteiger partial charge is 0.287 e. The van der Waals surface area contributed by atoms with E-state index in [9.17, 15) is 4.79 Å². The van der Waals surface area contributed by atoms with E-state index in [0.29, 0.717) is 11.7 Å². The van der Waals surface area contributed by atoms with Crippen molar-refractivity contribution in [1.29, 1.82) is 0 Å². The molecule has 1 aromatic rings. The van der Waals surface area contributed by atoms with Crippen molar-refractivity contribution in [2.24, 2.45) is 7.05 Å². The van der Waals surface area contributed by atoms with Crippen LogP contribution in [0.4, 0.5) is 5.69 Å². The molecule has 0 aromatic carbocycles. The van der Waals surface area contributed by atoms with Crippen LogP contribution >= 0.6 is 11.6 Å². The Balaban J connectivity index is 1.88. The zero-order valence-corrected chi connectivity index (χ0v) is 9.92. The predicted molar refractivity (Wildman–Crippen MR) is 64.0 cm³/mol. The van der Waals surface area contributed by atoms with Gasteiger partial charge in [-0.05, 0) is 12.8 Å². The van der Waals surface area contributed by atoms with Gasteiger partial charge in [-0.2, -0.15) is 5.10 Å². The first kappa shape index (κ1) is 11.4. The third-order valence-electron chi connectivity index (χ3n) is 2.53. The molecule has 0 saturated heterocycles. The molecule has 1 aromatic heterocycles. The highest BCUT2D eigenvalue weighted by Gasteiger charge is 2.19. The molecule has 16 heavy (non-hydrogen) atoms. The number of hydrogen-bond acceptors (Lipinski definition) is 4. The van der Waals surface area contributed by atoms with Crippen LogP contribution in [0.2, 0.25) is 5.02 Å². The van der Waals surface area contributed by atoms with Crippen LogP contribution in [0.1, 0.15) is 12.8 Å². The first-order valence-electron chi connectivity index (χ1n) is 5.37. The zero-order valence-electron chi connectivity index (χ0n) is 9.16. The normalized spacial score (nSPS) is 15.1. The minimum atomic E-state index is -0.276. The molecular weight excluding hydrogens is 228 g/mol. The van der Waals surface area contributed by atoms with Gasteiger partial charge in [0.15, 0.2) is 0 Å². The van der Waals surface area contributed by atoms with Crippen LogP contribution in [0.15, 0.2) is 11.0 Å². The van der Waals surface area contributed by atoms with Gasteiger partial charge in [-0.25, -0.2) is 4.68 Å². The van der Waals surface area contributed by atoms with Gasteiger partial charge in [-0.15, -0.1) is 0 Å². The molecule has 1 heterocycles. The summed E-state index contributed by atoms with van der Waals surface area (Å²) in [5, 5.41) is 10.6. The van der Waals surface area contributed by atoms with Crippen LogP contribution in [0.3, 0.4) is 0 Å². The molecule has 0 atom stereocenters. The summed E-state index contributed by atoms with van der Waals surface area (Å²) in [6.07, 6.45) is 4.11. The molecule has 0 unspecified atom stereocenters. The minimum Gasteiger partial charge on any atom is -0.381 e. The van der Waals surface area contributed by atoms with Crippen LogP contribution in [0, 0.1) is 0 Å². The van der Waals surface area contributed by atoms with Gasteiger partial charge in [0.2, 0.25) is 0 Å². The highest BCUT2D eigenvalue weighted by atomic mass is 35.5. The maximum absolute atomic E-state index is 11.5. The molecule has 88 valence electrons. The summed E-state index contributed by atoms with van der Waals surface area (Å²) in [6.45, 7) is 1.61. The second-order valence-electron chi connectivity index (χ2n) is 3.96. The number of anilines is 1. The maximum Gasteiger partial charge on any atom is 0.287 e. The highest BCUT2D eigenvalue weighted by Crippen LogP contribution is 2.18. The van der Waals surface area contributed by atoms with Crippen LogP contribution in [-0.4, -0.2) is 28.9 Å². The standard InChI is InChI=1S/C10H15ClN4O/c1-15-10(16)9(11)8(6-14-15)13-5-4-12-7-2-3-7/h6-7,12-13H,2-5H2,1H3. The first-order chi connectivity index (χ1) is 7.68. The summed E-state index contributed by atoms with van der Waals surface area (Å²) in [6, 6.07) is 0.694. The molecule has 2 N–H and O–H groups in total. The number of hydrogen-bond donors (Lipinski definition) is 2. The fourth-order valence-corrected chi connectivity index (χ4v) is 1.63. The maximum atomic E-state index is 11.5. The Morgan fingerprint density at radius 1 is 1.56 bits per heavy atom. The molecule has 0 spiro atoms. The van der Waals surface area contributed by atoms with Gasteiger partial charge < -0.3 is 10.6 Å². The lowest BCUT2D eigenvalue weighted by Gasteiger charge is -2.08. The largest absolute Gasteiger partial charge is 0.381 e. The molecule has 0 aliphatic heterocycles. The Kier molecular flexibility index (Phi) is 3.46. The number of nitrogens with one attached hydrogen (secondary N) is 2. The molecular formula is C10H15ClN4O. The zero-order chi connectivity index (χ0) is 11.5. The highest BCUT2D eigenvalue weighted by molar-refractivity contribution is 6.32. The van der Waals surface area contributed by atoms with Gasteiger partial charge in [0, 0.05) is 26.2 Å². The van der Waals surface area contributed by atoms with Crippen molar-refractivity contribution < 1.29 is 0 Å². The van der Waals surface area contributed by atoms with E-state index in [1.165, 1.54) is 17.5 Å². The van der Waals surface area contributed by atoms with Crippen LogP contribution in [0.5, 0.6) is 0 Å². The second kappa shape index (κ2) is 4.84. The number of rotatable bonds is 5. The number of aryl methyl sites for hydroxylation is 1. The van der Waals surface area contributed by atoms with E-state index in [4.69, 9.17) is 11.6 Å². The van der Waals surface area contributed by atoms with Crippen molar-refractivity contribution in [1.82, 2.24) is 15.1 Å². The van der Waals surface area contributed by atoms with Gasteiger partial charge in [0.1, 0.15) is 5.02 Å². The minimum absolute atomic E-state index is 0.198. The molecule has 1 aliphatic carbocycles. The number of nitrogens with zero attached hydrogens (tertiary/aromatic N) is 2. The third kappa shape index (κ3) is 2.74. The summed E-state index contributed by atoms with van der Waals surface area (Å²) in [5.41, 5.74) is 0.323. The topological polar surface area (TPSA) is 59.0 Å². The van der Waals surface area contributed by atoms with Crippen LogP contribution in [0.25, 0.3) is 0 Å². The van der Waals surface area contributed by atoms with Crippen molar-refractivity contribution in [3.8, 4) is 0 Å². The monoisotopic (exact) mass is 242 g/mol. The Labute approximate surface area is 98.8 Å². The van der Waals surface area contributed by atoms with Crippen molar-refractivity contribution in [3.05, 3.63) is 21.6 Å². The Morgan fingerprint density at radius 3 is 3.00 bits per heavy atom. The lowest BCUT2D eigenvalue weighted by atomic mass is 10.4. The van der Waals surface area contributed by atoms with Crippen LogP contribution < -0.4 is 16.2 Å². The van der Waals surface area contributed by atoms with Crippen LogP contribution in [-0.2, 0) is 7.05 Å². The molecule has 1 fully saturated rings. The molecule has 2 rings (SSSR count). The fourth-order valence-electron chi connectivity index (χ4n) is 1.39. The molecule has 1 saturated carbocycles. The van der Waals surface area contributed by atoms with Gasteiger partial charge in [-0.1, -0.05) is 11.6 Å². The summed E-state index contributed by atoms with van der Waals surface area (Å²) in [5.74, 6) is 0. The Morgan fingerprint density at radius 2 is 2.31 bits per heavy atom. The summed E-state index contributed by atoms with van der Waals surface area (Å²) < 4.78 is 1.22.